The van der Waals surface area contributed by atoms with Gasteiger partial charge in [0.2, 0.25) is 0 Å². The van der Waals surface area contributed by atoms with E-state index in [9.17, 15) is 8.78 Å². The second-order valence-corrected chi connectivity index (χ2v) is 6.05. The van der Waals surface area contributed by atoms with Crippen LogP contribution in [0.5, 0.6) is 5.75 Å². The van der Waals surface area contributed by atoms with Crippen molar-refractivity contribution in [3.8, 4) is 5.75 Å². The van der Waals surface area contributed by atoms with Crippen LogP contribution in [0.15, 0.2) is 18.2 Å². The molecule has 1 aromatic carbocycles. The molecule has 2 rings (SSSR count). The van der Waals surface area contributed by atoms with Crippen LogP contribution in [0.2, 0.25) is 0 Å². The van der Waals surface area contributed by atoms with Gasteiger partial charge >= 0.3 is 13.7 Å². The van der Waals surface area contributed by atoms with E-state index in [0.29, 0.717) is 5.46 Å². The summed E-state index contributed by atoms with van der Waals surface area (Å²) in [5, 5.41) is 0. The molecule has 0 aromatic heterocycles. The van der Waals surface area contributed by atoms with Gasteiger partial charge in [-0.15, -0.1) is 0 Å². The summed E-state index contributed by atoms with van der Waals surface area (Å²) in [5.74, 6) is 0.115. The normalized spacial score (nSPS) is 20.5. The fourth-order valence-corrected chi connectivity index (χ4v) is 2.06. The molecule has 20 heavy (non-hydrogen) atoms. The summed E-state index contributed by atoms with van der Waals surface area (Å²) in [6.07, 6.45) is 0. The molecular formula is C14H19BF2O3. The van der Waals surface area contributed by atoms with Gasteiger partial charge in [-0.2, -0.15) is 8.78 Å². The fourth-order valence-electron chi connectivity index (χ4n) is 2.06. The van der Waals surface area contributed by atoms with Crippen molar-refractivity contribution in [3.05, 3.63) is 23.8 Å². The molecule has 0 radical (unpaired) electrons. The van der Waals surface area contributed by atoms with Gasteiger partial charge in [-0.05, 0) is 57.8 Å². The highest BCUT2D eigenvalue weighted by Crippen LogP contribution is 2.36. The second-order valence-electron chi connectivity index (χ2n) is 6.05. The van der Waals surface area contributed by atoms with Crippen LogP contribution in [0.3, 0.4) is 0 Å². The summed E-state index contributed by atoms with van der Waals surface area (Å²) < 4.78 is 40.9. The van der Waals surface area contributed by atoms with E-state index in [1.54, 1.807) is 6.07 Å². The van der Waals surface area contributed by atoms with Crippen molar-refractivity contribution in [2.45, 2.75) is 52.4 Å². The number of ether oxygens (including phenoxy) is 1. The van der Waals surface area contributed by atoms with Gasteiger partial charge in [0.05, 0.1) is 11.2 Å². The summed E-state index contributed by atoms with van der Waals surface area (Å²) in [7, 11) is -0.583. The predicted molar refractivity (Wildman–Crippen MR) is 73.5 cm³/mol. The third-order valence-electron chi connectivity index (χ3n) is 3.82. The number of alkyl halides is 2. The molecule has 0 saturated carbocycles. The monoisotopic (exact) mass is 284 g/mol. The SMILES string of the molecule is Cc1cc(OC(F)F)cc(B2OC(C)(C)C(C)(C)O2)c1. The maximum atomic E-state index is 12.3. The average Bonchev–Trinajstić information content (AvgIpc) is 2.46. The molecule has 0 atom stereocenters. The van der Waals surface area contributed by atoms with Crippen molar-refractivity contribution in [2.24, 2.45) is 0 Å². The van der Waals surface area contributed by atoms with Gasteiger partial charge in [0.15, 0.2) is 0 Å². The molecule has 1 aromatic rings. The second kappa shape index (κ2) is 5.00. The molecule has 0 unspecified atom stereocenters. The Bertz CT molecular complexity index is 487. The third-order valence-corrected chi connectivity index (χ3v) is 3.82. The van der Waals surface area contributed by atoms with Crippen molar-refractivity contribution in [2.75, 3.05) is 0 Å². The molecule has 0 spiro atoms. The maximum Gasteiger partial charge on any atom is 0.494 e. The van der Waals surface area contributed by atoms with Crippen LogP contribution >= 0.6 is 0 Å². The van der Waals surface area contributed by atoms with Gasteiger partial charge in [0.25, 0.3) is 0 Å². The number of halogens is 2. The Morgan fingerprint density at radius 3 is 2.10 bits per heavy atom. The van der Waals surface area contributed by atoms with Crippen LogP contribution < -0.4 is 10.2 Å². The van der Waals surface area contributed by atoms with Gasteiger partial charge in [-0.1, -0.05) is 6.07 Å². The molecule has 0 N–H and O–H groups in total. The van der Waals surface area contributed by atoms with E-state index in [2.05, 4.69) is 4.74 Å². The van der Waals surface area contributed by atoms with Crippen LogP contribution in [0.4, 0.5) is 8.78 Å². The first-order valence-corrected chi connectivity index (χ1v) is 6.53. The molecule has 0 bridgehead atoms. The van der Waals surface area contributed by atoms with Gasteiger partial charge in [-0.3, -0.25) is 0 Å². The van der Waals surface area contributed by atoms with E-state index in [-0.39, 0.29) is 5.75 Å². The lowest BCUT2D eigenvalue weighted by molar-refractivity contribution is -0.0498. The summed E-state index contributed by atoms with van der Waals surface area (Å²) in [4.78, 5) is 0. The van der Waals surface area contributed by atoms with Crippen LogP contribution in [0.25, 0.3) is 0 Å². The number of benzene rings is 1. The molecule has 1 heterocycles. The lowest BCUT2D eigenvalue weighted by atomic mass is 9.78. The lowest BCUT2D eigenvalue weighted by Gasteiger charge is -2.32. The Hall–Kier alpha value is -1.14. The highest BCUT2D eigenvalue weighted by atomic mass is 19.3. The summed E-state index contributed by atoms with van der Waals surface area (Å²) in [5.41, 5.74) is 0.559. The first-order valence-electron chi connectivity index (χ1n) is 6.53. The number of aryl methyl sites for hydroxylation is 1. The molecule has 1 saturated heterocycles. The maximum absolute atomic E-state index is 12.3. The minimum atomic E-state index is -2.84. The number of hydrogen-bond acceptors (Lipinski definition) is 3. The predicted octanol–water partition coefficient (Wildman–Crippen LogP) is 2.90. The molecule has 1 aliphatic rings. The van der Waals surface area contributed by atoms with E-state index in [0.717, 1.165) is 5.56 Å². The largest absolute Gasteiger partial charge is 0.494 e. The van der Waals surface area contributed by atoms with Crippen molar-refractivity contribution in [1.82, 2.24) is 0 Å². The van der Waals surface area contributed by atoms with Crippen molar-refractivity contribution in [3.63, 3.8) is 0 Å². The Kier molecular flexibility index (Phi) is 3.82. The van der Waals surface area contributed by atoms with Crippen molar-refractivity contribution >= 4 is 12.6 Å². The van der Waals surface area contributed by atoms with E-state index >= 15 is 0 Å². The average molecular weight is 284 g/mol. The van der Waals surface area contributed by atoms with Gasteiger partial charge in [0.1, 0.15) is 5.75 Å². The Balaban J connectivity index is 2.28. The quantitative estimate of drug-likeness (QED) is 0.799. The van der Waals surface area contributed by atoms with Gasteiger partial charge in [0, 0.05) is 0 Å². The van der Waals surface area contributed by atoms with Crippen molar-refractivity contribution in [1.29, 1.82) is 0 Å². The number of rotatable bonds is 3. The zero-order chi connectivity index (χ0) is 15.1. The van der Waals surface area contributed by atoms with E-state index in [1.165, 1.54) is 6.07 Å². The fraction of sp³-hybridized carbons (Fsp3) is 0.571. The van der Waals surface area contributed by atoms with Crippen LogP contribution in [-0.2, 0) is 9.31 Å². The Morgan fingerprint density at radius 2 is 1.60 bits per heavy atom. The minimum Gasteiger partial charge on any atom is -0.435 e. The topological polar surface area (TPSA) is 27.7 Å². The number of hydrogen-bond donors (Lipinski definition) is 0. The summed E-state index contributed by atoms with van der Waals surface area (Å²) >= 11 is 0. The first-order chi connectivity index (χ1) is 9.10. The first kappa shape index (κ1) is 15.3. The molecule has 0 aliphatic carbocycles. The standard InChI is InChI=1S/C14H19BF2O3/c1-9-6-10(8-11(7-9)18-12(16)17)15-19-13(2,3)14(4,5)20-15/h6-8,12H,1-5H3. The summed E-state index contributed by atoms with van der Waals surface area (Å²) in [6.45, 7) is 6.74. The van der Waals surface area contributed by atoms with Crippen LogP contribution in [0.1, 0.15) is 33.3 Å². The van der Waals surface area contributed by atoms with Gasteiger partial charge in [-0.25, -0.2) is 0 Å². The lowest BCUT2D eigenvalue weighted by Crippen LogP contribution is -2.41. The summed E-state index contributed by atoms with van der Waals surface area (Å²) in [6, 6.07) is 4.93. The highest BCUT2D eigenvalue weighted by molar-refractivity contribution is 6.62. The van der Waals surface area contributed by atoms with Gasteiger partial charge < -0.3 is 14.0 Å². The van der Waals surface area contributed by atoms with Crippen LogP contribution in [0, 0.1) is 6.92 Å². The Labute approximate surface area is 118 Å². The van der Waals surface area contributed by atoms with E-state index in [4.69, 9.17) is 9.31 Å². The molecule has 1 aliphatic heterocycles. The smallest absolute Gasteiger partial charge is 0.435 e. The Morgan fingerprint density at radius 1 is 1.05 bits per heavy atom. The molecular weight excluding hydrogens is 265 g/mol. The zero-order valence-electron chi connectivity index (χ0n) is 12.4. The molecule has 3 nitrogen and oxygen atoms in total. The van der Waals surface area contributed by atoms with Crippen molar-refractivity contribution < 1.29 is 22.8 Å². The third kappa shape index (κ3) is 2.96. The molecule has 1 fully saturated rings. The molecule has 0 amide bonds. The van der Waals surface area contributed by atoms with E-state index in [1.807, 2.05) is 40.7 Å². The van der Waals surface area contributed by atoms with E-state index < -0.39 is 24.9 Å². The zero-order valence-corrected chi connectivity index (χ0v) is 12.4. The van der Waals surface area contributed by atoms with Crippen LogP contribution in [-0.4, -0.2) is 24.9 Å². The minimum absolute atomic E-state index is 0.115. The molecule has 6 heteroatoms. The highest BCUT2D eigenvalue weighted by Gasteiger charge is 2.51. The molecule has 110 valence electrons.